The smallest absolute Gasteiger partial charge is 0.261 e. The van der Waals surface area contributed by atoms with Crippen molar-refractivity contribution in [1.29, 1.82) is 0 Å². The van der Waals surface area contributed by atoms with Crippen molar-refractivity contribution in [1.82, 2.24) is 5.32 Å². The average molecular weight is 505 g/mol. The molecule has 4 aromatic carbocycles. The zero-order valence-corrected chi connectivity index (χ0v) is 20.4. The Morgan fingerprint density at radius 1 is 0.806 bits per heavy atom. The van der Waals surface area contributed by atoms with Crippen LogP contribution in [0.25, 0.3) is 0 Å². The summed E-state index contributed by atoms with van der Waals surface area (Å²) in [4.78, 5) is 12.7. The summed E-state index contributed by atoms with van der Waals surface area (Å²) < 4.78 is 46.3. The molecule has 4 rings (SSSR count). The van der Waals surface area contributed by atoms with Crippen molar-refractivity contribution < 1.29 is 22.3 Å². The van der Waals surface area contributed by atoms with Crippen LogP contribution in [0.1, 0.15) is 27.0 Å². The van der Waals surface area contributed by atoms with Gasteiger partial charge in [0, 0.05) is 17.8 Å². The molecule has 0 heterocycles. The fourth-order valence-electron chi connectivity index (χ4n) is 3.36. The second kappa shape index (κ2) is 11.0. The Hall–Kier alpha value is -4.17. The Kier molecular flexibility index (Phi) is 7.65. The van der Waals surface area contributed by atoms with Gasteiger partial charge in [-0.3, -0.25) is 9.52 Å². The molecule has 0 spiro atoms. The molecule has 0 saturated heterocycles. The fraction of sp³-hybridized carbons (Fsp3) is 0.107. The molecule has 8 heteroatoms. The highest BCUT2D eigenvalue weighted by Gasteiger charge is 2.14. The summed E-state index contributed by atoms with van der Waals surface area (Å²) in [6, 6.07) is 26.2. The first-order valence-electron chi connectivity index (χ1n) is 11.2. The predicted molar refractivity (Wildman–Crippen MR) is 137 cm³/mol. The Bertz CT molecular complexity index is 1420. The quantitative estimate of drug-likeness (QED) is 0.318. The van der Waals surface area contributed by atoms with Gasteiger partial charge in [0.25, 0.3) is 15.9 Å². The molecule has 0 fully saturated rings. The molecular weight excluding hydrogens is 479 g/mol. The molecule has 0 aliphatic rings. The van der Waals surface area contributed by atoms with Gasteiger partial charge in [0.15, 0.2) is 0 Å². The van der Waals surface area contributed by atoms with Gasteiger partial charge >= 0.3 is 0 Å². The highest BCUT2D eigenvalue weighted by molar-refractivity contribution is 7.92. The second-order valence-corrected chi connectivity index (χ2v) is 9.92. The van der Waals surface area contributed by atoms with E-state index in [9.17, 15) is 17.6 Å². The fourth-order valence-corrected chi connectivity index (χ4v) is 4.41. The normalized spacial score (nSPS) is 11.1. The van der Waals surface area contributed by atoms with Gasteiger partial charge in [-0.15, -0.1) is 0 Å². The SMILES string of the molecule is Cc1ccc(S(=O)(=O)Nc2ccc(C(=O)NCc3ccc(OCc4ccc(F)cc4)cc3)cc2)cc1. The Morgan fingerprint density at radius 2 is 1.42 bits per heavy atom. The van der Waals surface area contributed by atoms with Gasteiger partial charge < -0.3 is 10.1 Å². The molecule has 0 bridgehead atoms. The zero-order valence-electron chi connectivity index (χ0n) is 19.6. The van der Waals surface area contributed by atoms with E-state index in [0.29, 0.717) is 30.2 Å². The first-order valence-corrected chi connectivity index (χ1v) is 12.7. The van der Waals surface area contributed by atoms with E-state index in [1.807, 2.05) is 19.1 Å². The van der Waals surface area contributed by atoms with Crippen molar-refractivity contribution >= 4 is 21.6 Å². The average Bonchev–Trinajstić information content (AvgIpc) is 2.88. The summed E-state index contributed by atoms with van der Waals surface area (Å²) in [6.07, 6.45) is 0. The molecule has 2 N–H and O–H groups in total. The minimum absolute atomic E-state index is 0.168. The first kappa shape index (κ1) is 24.9. The largest absolute Gasteiger partial charge is 0.489 e. The van der Waals surface area contributed by atoms with Crippen LogP contribution < -0.4 is 14.8 Å². The van der Waals surface area contributed by atoms with Gasteiger partial charge in [0.2, 0.25) is 0 Å². The van der Waals surface area contributed by atoms with E-state index in [2.05, 4.69) is 10.0 Å². The molecule has 0 atom stereocenters. The van der Waals surface area contributed by atoms with Crippen LogP contribution in [0.4, 0.5) is 10.1 Å². The number of sulfonamides is 1. The minimum Gasteiger partial charge on any atom is -0.489 e. The highest BCUT2D eigenvalue weighted by atomic mass is 32.2. The summed E-state index contributed by atoms with van der Waals surface area (Å²) in [6.45, 7) is 2.53. The maximum atomic E-state index is 13.0. The number of rotatable bonds is 9. The molecule has 1 amide bonds. The number of benzene rings is 4. The summed E-state index contributed by atoms with van der Waals surface area (Å²) in [5.41, 5.74) is 3.49. The predicted octanol–water partition coefficient (Wildman–Crippen LogP) is 5.44. The van der Waals surface area contributed by atoms with Crippen LogP contribution in [-0.4, -0.2) is 14.3 Å². The number of hydrogen-bond donors (Lipinski definition) is 2. The monoisotopic (exact) mass is 504 g/mol. The lowest BCUT2D eigenvalue weighted by Gasteiger charge is -2.10. The second-order valence-electron chi connectivity index (χ2n) is 8.24. The molecule has 4 aromatic rings. The van der Waals surface area contributed by atoms with Crippen molar-refractivity contribution in [3.05, 3.63) is 125 Å². The van der Waals surface area contributed by atoms with Crippen molar-refractivity contribution in [3.63, 3.8) is 0 Å². The number of halogens is 1. The lowest BCUT2D eigenvalue weighted by atomic mass is 10.1. The number of hydrogen-bond acceptors (Lipinski definition) is 4. The maximum Gasteiger partial charge on any atom is 0.261 e. The number of nitrogens with one attached hydrogen (secondary N) is 2. The third kappa shape index (κ3) is 6.70. The number of amides is 1. The van der Waals surface area contributed by atoms with E-state index >= 15 is 0 Å². The summed E-state index contributed by atoms with van der Waals surface area (Å²) in [5, 5.41) is 2.84. The molecule has 0 unspecified atom stereocenters. The standard InChI is InChI=1S/C28H25FN2O4S/c1-20-2-16-27(17-3-20)36(33,34)31-25-12-8-23(9-13-25)28(32)30-18-21-6-14-26(15-7-21)35-19-22-4-10-24(29)11-5-22/h2-17,31H,18-19H2,1H3,(H,30,32). The molecule has 184 valence electrons. The molecular formula is C28H25FN2O4S. The third-order valence-electron chi connectivity index (χ3n) is 5.43. The first-order chi connectivity index (χ1) is 17.3. The van der Waals surface area contributed by atoms with Crippen LogP contribution in [0.5, 0.6) is 5.75 Å². The van der Waals surface area contributed by atoms with Gasteiger partial charge in [0.1, 0.15) is 18.2 Å². The van der Waals surface area contributed by atoms with Gasteiger partial charge in [-0.25, -0.2) is 12.8 Å². The van der Waals surface area contributed by atoms with Gasteiger partial charge in [-0.05, 0) is 78.7 Å². The van der Waals surface area contributed by atoms with Crippen molar-refractivity contribution in [2.75, 3.05) is 4.72 Å². The summed E-state index contributed by atoms with van der Waals surface area (Å²) in [5.74, 6) is 0.0986. The number of carbonyl (C=O) groups excluding carboxylic acids is 1. The number of ether oxygens (including phenoxy) is 1. The zero-order chi connectivity index (χ0) is 25.5. The molecule has 36 heavy (non-hydrogen) atoms. The minimum atomic E-state index is -3.71. The summed E-state index contributed by atoms with van der Waals surface area (Å²) in [7, 11) is -3.71. The van der Waals surface area contributed by atoms with Crippen molar-refractivity contribution in [2.45, 2.75) is 25.0 Å². The van der Waals surface area contributed by atoms with E-state index in [4.69, 9.17) is 4.74 Å². The van der Waals surface area contributed by atoms with E-state index in [0.717, 1.165) is 16.7 Å². The third-order valence-corrected chi connectivity index (χ3v) is 6.82. The molecule has 0 radical (unpaired) electrons. The molecule has 6 nitrogen and oxygen atoms in total. The van der Waals surface area contributed by atoms with Crippen LogP contribution in [0.3, 0.4) is 0 Å². The number of aryl methyl sites for hydroxylation is 1. The van der Waals surface area contributed by atoms with E-state index < -0.39 is 10.0 Å². The Morgan fingerprint density at radius 3 is 2.06 bits per heavy atom. The van der Waals surface area contributed by atoms with Crippen LogP contribution in [0.15, 0.2) is 102 Å². The van der Waals surface area contributed by atoms with Crippen molar-refractivity contribution in [2.24, 2.45) is 0 Å². The number of anilines is 1. The van der Waals surface area contributed by atoms with Gasteiger partial charge in [0.05, 0.1) is 4.90 Å². The van der Waals surface area contributed by atoms with Crippen LogP contribution in [-0.2, 0) is 23.2 Å². The Labute approximate surface area is 209 Å². The lowest BCUT2D eigenvalue weighted by molar-refractivity contribution is 0.0951. The van der Waals surface area contributed by atoms with E-state index in [1.165, 1.54) is 12.1 Å². The molecule has 0 aliphatic heterocycles. The van der Waals surface area contributed by atoms with Crippen LogP contribution in [0, 0.1) is 12.7 Å². The lowest BCUT2D eigenvalue weighted by Crippen LogP contribution is -2.22. The van der Waals surface area contributed by atoms with E-state index in [-0.39, 0.29) is 16.6 Å². The molecule has 0 saturated carbocycles. The van der Waals surface area contributed by atoms with Crippen LogP contribution >= 0.6 is 0 Å². The Balaban J connectivity index is 1.28. The topological polar surface area (TPSA) is 84.5 Å². The summed E-state index contributed by atoms with van der Waals surface area (Å²) >= 11 is 0. The molecule has 0 aliphatic carbocycles. The van der Waals surface area contributed by atoms with E-state index in [1.54, 1.807) is 72.8 Å². The van der Waals surface area contributed by atoms with Crippen molar-refractivity contribution in [3.8, 4) is 5.75 Å². The van der Waals surface area contributed by atoms with Crippen LogP contribution in [0.2, 0.25) is 0 Å². The van der Waals surface area contributed by atoms with Gasteiger partial charge in [-0.1, -0.05) is 42.0 Å². The highest BCUT2D eigenvalue weighted by Crippen LogP contribution is 2.18. The number of carbonyl (C=O) groups is 1. The molecule has 0 aromatic heterocycles. The maximum absolute atomic E-state index is 13.0. The van der Waals surface area contributed by atoms with Gasteiger partial charge in [-0.2, -0.15) is 0 Å².